The number of aromatic nitrogens is 3. The Morgan fingerprint density at radius 2 is 2.19 bits per heavy atom. The number of hydrogen-bond acceptors (Lipinski definition) is 4. The Bertz CT molecular complexity index is 781. The van der Waals surface area contributed by atoms with Gasteiger partial charge in [-0.1, -0.05) is 22.9 Å². The maximum Gasteiger partial charge on any atom is 0.180 e. The number of halogens is 1. The van der Waals surface area contributed by atoms with Gasteiger partial charge in [0, 0.05) is 29.6 Å². The van der Waals surface area contributed by atoms with Gasteiger partial charge in [0.1, 0.15) is 5.82 Å². The molecule has 0 bridgehead atoms. The van der Waals surface area contributed by atoms with Crippen LogP contribution in [-0.4, -0.2) is 21.4 Å². The third kappa shape index (κ3) is 2.71. The highest BCUT2D eigenvalue weighted by atomic mass is 79.9. The van der Waals surface area contributed by atoms with Gasteiger partial charge < -0.3 is 15.0 Å². The number of nitrogens with one attached hydrogen (secondary N) is 2. The third-order valence-electron chi connectivity index (χ3n) is 3.33. The molecule has 108 valence electrons. The van der Waals surface area contributed by atoms with Crippen molar-refractivity contribution >= 4 is 38.9 Å². The maximum atomic E-state index is 4.57. The van der Waals surface area contributed by atoms with E-state index in [1.165, 1.54) is 5.56 Å². The van der Waals surface area contributed by atoms with Gasteiger partial charge in [-0.05, 0) is 30.2 Å². The summed E-state index contributed by atoms with van der Waals surface area (Å²) < 4.78 is 3.03. The van der Waals surface area contributed by atoms with Crippen LogP contribution in [-0.2, 0) is 6.42 Å². The van der Waals surface area contributed by atoms with Crippen molar-refractivity contribution in [1.82, 2.24) is 14.4 Å². The quantitative estimate of drug-likeness (QED) is 0.754. The minimum Gasteiger partial charge on any atom is -0.372 e. The van der Waals surface area contributed by atoms with Crippen molar-refractivity contribution in [3.05, 3.63) is 46.8 Å². The molecule has 0 aliphatic rings. The fraction of sp³-hybridized carbons (Fsp3) is 0.200. The Hall–Kier alpha value is -2.08. The van der Waals surface area contributed by atoms with E-state index in [-0.39, 0.29) is 0 Å². The molecule has 21 heavy (non-hydrogen) atoms. The van der Waals surface area contributed by atoms with Crippen LogP contribution in [0.25, 0.3) is 5.65 Å². The normalized spacial score (nSPS) is 10.8. The van der Waals surface area contributed by atoms with Crippen LogP contribution >= 0.6 is 15.9 Å². The van der Waals surface area contributed by atoms with Crippen molar-refractivity contribution in [1.29, 1.82) is 0 Å². The summed E-state index contributed by atoms with van der Waals surface area (Å²) in [5.41, 5.74) is 3.08. The van der Waals surface area contributed by atoms with E-state index in [0.29, 0.717) is 0 Å². The van der Waals surface area contributed by atoms with Crippen LogP contribution in [0.4, 0.5) is 17.3 Å². The smallest absolute Gasteiger partial charge is 0.180 e. The highest BCUT2D eigenvalue weighted by Gasteiger charge is 2.09. The van der Waals surface area contributed by atoms with Gasteiger partial charge >= 0.3 is 0 Å². The second kappa shape index (κ2) is 5.73. The summed E-state index contributed by atoms with van der Waals surface area (Å²) in [6.45, 7) is 2.13. The van der Waals surface area contributed by atoms with Crippen LogP contribution in [0.15, 0.2) is 41.3 Å². The average Bonchev–Trinajstić information content (AvgIpc) is 2.97. The van der Waals surface area contributed by atoms with Crippen LogP contribution < -0.4 is 10.6 Å². The Labute approximate surface area is 131 Å². The molecule has 0 aliphatic heterocycles. The first-order valence-corrected chi connectivity index (χ1v) is 7.57. The van der Waals surface area contributed by atoms with Crippen LogP contribution in [0.5, 0.6) is 0 Å². The lowest BCUT2D eigenvalue weighted by molar-refractivity contribution is 1.11. The zero-order chi connectivity index (χ0) is 14.8. The number of benzene rings is 1. The summed E-state index contributed by atoms with van der Waals surface area (Å²) in [7, 11) is 1.85. The second-order valence-corrected chi connectivity index (χ2v) is 5.58. The van der Waals surface area contributed by atoms with Crippen molar-refractivity contribution in [2.75, 3.05) is 17.7 Å². The standard InChI is InChI=1S/C15H16BrN5/c1-3-10-8-11(16)4-5-12(10)19-14-15-18-6-7-21(15)9-13(17-2)20-14/h4-9,17H,3H2,1-2H3,(H,19,20). The summed E-state index contributed by atoms with van der Waals surface area (Å²) in [5.74, 6) is 1.53. The minimum atomic E-state index is 0.740. The monoisotopic (exact) mass is 345 g/mol. The molecule has 3 rings (SSSR count). The van der Waals surface area contributed by atoms with E-state index >= 15 is 0 Å². The molecule has 3 aromatic rings. The van der Waals surface area contributed by atoms with Gasteiger partial charge in [0.05, 0.1) is 6.20 Å². The molecule has 0 saturated carbocycles. The Morgan fingerprint density at radius 3 is 2.95 bits per heavy atom. The summed E-state index contributed by atoms with van der Waals surface area (Å²) in [6, 6.07) is 6.19. The van der Waals surface area contributed by atoms with Gasteiger partial charge in [0.2, 0.25) is 0 Å². The van der Waals surface area contributed by atoms with Crippen molar-refractivity contribution in [3.8, 4) is 0 Å². The van der Waals surface area contributed by atoms with E-state index < -0.39 is 0 Å². The highest BCUT2D eigenvalue weighted by molar-refractivity contribution is 9.10. The lowest BCUT2D eigenvalue weighted by Crippen LogP contribution is -2.03. The lowest BCUT2D eigenvalue weighted by atomic mass is 10.1. The molecule has 5 nitrogen and oxygen atoms in total. The molecule has 2 N–H and O–H groups in total. The molecule has 0 saturated heterocycles. The van der Waals surface area contributed by atoms with Crippen LogP contribution in [0.2, 0.25) is 0 Å². The largest absolute Gasteiger partial charge is 0.372 e. The summed E-state index contributed by atoms with van der Waals surface area (Å²) in [5, 5.41) is 6.46. The molecule has 0 aliphatic carbocycles. The number of anilines is 3. The Kier molecular flexibility index (Phi) is 3.79. The van der Waals surface area contributed by atoms with Crippen LogP contribution in [0, 0.1) is 0 Å². The number of aryl methyl sites for hydroxylation is 1. The lowest BCUT2D eigenvalue weighted by Gasteiger charge is -2.13. The predicted octanol–water partition coefficient (Wildman–Crippen LogP) is 3.84. The van der Waals surface area contributed by atoms with Gasteiger partial charge in [0.15, 0.2) is 11.5 Å². The van der Waals surface area contributed by atoms with E-state index in [1.807, 2.05) is 29.9 Å². The fourth-order valence-electron chi connectivity index (χ4n) is 2.24. The molecular formula is C15H16BrN5. The van der Waals surface area contributed by atoms with Crippen molar-refractivity contribution in [2.24, 2.45) is 0 Å². The van der Waals surface area contributed by atoms with E-state index in [1.54, 1.807) is 6.20 Å². The molecule has 0 amide bonds. The molecule has 2 aromatic heterocycles. The predicted molar refractivity (Wildman–Crippen MR) is 89.3 cm³/mol. The van der Waals surface area contributed by atoms with E-state index in [9.17, 15) is 0 Å². The first-order valence-electron chi connectivity index (χ1n) is 6.78. The Balaban J connectivity index is 2.07. The summed E-state index contributed by atoms with van der Waals surface area (Å²) >= 11 is 3.51. The minimum absolute atomic E-state index is 0.740. The molecule has 0 unspecified atom stereocenters. The third-order valence-corrected chi connectivity index (χ3v) is 3.82. The molecule has 0 fully saturated rings. The first-order chi connectivity index (χ1) is 10.2. The van der Waals surface area contributed by atoms with E-state index in [4.69, 9.17) is 0 Å². The van der Waals surface area contributed by atoms with E-state index in [0.717, 1.165) is 33.9 Å². The molecule has 2 heterocycles. The van der Waals surface area contributed by atoms with E-state index in [2.05, 4.69) is 55.6 Å². The number of rotatable bonds is 4. The first kappa shape index (κ1) is 13.9. The molecule has 0 atom stereocenters. The van der Waals surface area contributed by atoms with Gasteiger partial charge in [0.25, 0.3) is 0 Å². The molecule has 0 radical (unpaired) electrons. The molecular weight excluding hydrogens is 330 g/mol. The van der Waals surface area contributed by atoms with Gasteiger partial charge in [-0.3, -0.25) is 0 Å². The van der Waals surface area contributed by atoms with Crippen molar-refractivity contribution < 1.29 is 0 Å². The average molecular weight is 346 g/mol. The maximum absolute atomic E-state index is 4.57. The van der Waals surface area contributed by atoms with Crippen molar-refractivity contribution in [3.63, 3.8) is 0 Å². The zero-order valence-electron chi connectivity index (χ0n) is 11.9. The molecule has 1 aromatic carbocycles. The number of fused-ring (bicyclic) bond motifs is 1. The molecule has 0 spiro atoms. The molecule has 6 heteroatoms. The topological polar surface area (TPSA) is 54.2 Å². The van der Waals surface area contributed by atoms with Crippen molar-refractivity contribution in [2.45, 2.75) is 13.3 Å². The van der Waals surface area contributed by atoms with Gasteiger partial charge in [-0.25, -0.2) is 9.97 Å². The highest BCUT2D eigenvalue weighted by Crippen LogP contribution is 2.26. The zero-order valence-corrected chi connectivity index (χ0v) is 13.5. The van der Waals surface area contributed by atoms with Gasteiger partial charge in [-0.15, -0.1) is 0 Å². The summed E-state index contributed by atoms with van der Waals surface area (Å²) in [4.78, 5) is 8.93. The van der Waals surface area contributed by atoms with Gasteiger partial charge in [-0.2, -0.15) is 0 Å². The van der Waals surface area contributed by atoms with Crippen LogP contribution in [0.3, 0.4) is 0 Å². The number of imidazole rings is 1. The second-order valence-electron chi connectivity index (χ2n) is 4.66. The number of hydrogen-bond donors (Lipinski definition) is 2. The number of nitrogens with zero attached hydrogens (tertiary/aromatic N) is 3. The SMILES string of the molecule is CCc1cc(Br)ccc1Nc1nc(NC)cn2ccnc12. The summed E-state index contributed by atoms with van der Waals surface area (Å²) in [6.07, 6.45) is 6.53. The fourth-order valence-corrected chi connectivity index (χ4v) is 2.65. The van der Waals surface area contributed by atoms with Crippen LogP contribution in [0.1, 0.15) is 12.5 Å². The Morgan fingerprint density at radius 1 is 1.33 bits per heavy atom.